The van der Waals surface area contributed by atoms with Crippen LogP contribution in [0.4, 0.5) is 0 Å². The van der Waals surface area contributed by atoms with Crippen LogP contribution in [0.2, 0.25) is 0 Å². The minimum atomic E-state index is -1.97. The lowest BCUT2D eigenvalue weighted by Gasteiger charge is -2.22. The molecule has 3 atom stereocenters. The van der Waals surface area contributed by atoms with Gasteiger partial charge in [-0.1, -0.05) is 0 Å². The molecule has 0 spiro atoms. The first-order chi connectivity index (χ1) is 4.60. The van der Waals surface area contributed by atoms with E-state index in [0.29, 0.717) is 0 Å². The largest absolute Gasteiger partial charge is 0.391 e. The van der Waals surface area contributed by atoms with Gasteiger partial charge in [0.25, 0.3) is 0 Å². The number of ether oxygens (including phenoxy) is 1. The molecule has 1 saturated heterocycles. The van der Waals surface area contributed by atoms with Gasteiger partial charge in [-0.15, -0.1) is 0 Å². The van der Waals surface area contributed by atoms with E-state index in [0.717, 1.165) is 0 Å². The SMILES string of the molecule is OC[C@]1(O)OC[C@H](O)[C@H]1O. The molecule has 0 amide bonds. The summed E-state index contributed by atoms with van der Waals surface area (Å²) in [5.74, 6) is -1.97. The molecule has 0 unspecified atom stereocenters. The Hall–Kier alpha value is -0.200. The van der Waals surface area contributed by atoms with Gasteiger partial charge in [-0.2, -0.15) is 0 Å². The lowest BCUT2D eigenvalue weighted by molar-refractivity contribution is -0.234. The highest BCUT2D eigenvalue weighted by atomic mass is 16.7. The van der Waals surface area contributed by atoms with E-state index < -0.39 is 24.6 Å². The molecule has 1 heterocycles. The van der Waals surface area contributed by atoms with Crippen molar-refractivity contribution in [3.05, 3.63) is 0 Å². The van der Waals surface area contributed by atoms with Gasteiger partial charge in [-0.25, -0.2) is 0 Å². The van der Waals surface area contributed by atoms with Crippen molar-refractivity contribution in [3.63, 3.8) is 0 Å². The normalized spacial score (nSPS) is 48.0. The van der Waals surface area contributed by atoms with Crippen molar-refractivity contribution in [1.82, 2.24) is 0 Å². The third-order valence-electron chi connectivity index (χ3n) is 1.56. The van der Waals surface area contributed by atoms with Gasteiger partial charge in [0.2, 0.25) is 5.79 Å². The van der Waals surface area contributed by atoms with Gasteiger partial charge in [0, 0.05) is 0 Å². The Morgan fingerprint density at radius 1 is 1.50 bits per heavy atom. The summed E-state index contributed by atoms with van der Waals surface area (Å²) in [4.78, 5) is 0. The van der Waals surface area contributed by atoms with Gasteiger partial charge in [0.1, 0.15) is 12.2 Å². The van der Waals surface area contributed by atoms with Crippen LogP contribution in [0.25, 0.3) is 0 Å². The van der Waals surface area contributed by atoms with Crippen LogP contribution in [0, 0.1) is 0 Å². The molecule has 1 aliphatic heterocycles. The summed E-state index contributed by atoms with van der Waals surface area (Å²) in [5, 5.41) is 35.3. The Labute approximate surface area is 57.5 Å². The van der Waals surface area contributed by atoms with Gasteiger partial charge in [-0.05, 0) is 0 Å². The highest BCUT2D eigenvalue weighted by Crippen LogP contribution is 2.22. The quantitative estimate of drug-likeness (QED) is 0.329. The highest BCUT2D eigenvalue weighted by Gasteiger charge is 2.47. The van der Waals surface area contributed by atoms with Crippen molar-refractivity contribution in [2.24, 2.45) is 0 Å². The first-order valence-electron chi connectivity index (χ1n) is 2.93. The Kier molecular flexibility index (Phi) is 1.93. The van der Waals surface area contributed by atoms with E-state index >= 15 is 0 Å². The predicted octanol–water partition coefficient (Wildman–Crippen LogP) is -2.58. The lowest BCUT2D eigenvalue weighted by Crippen LogP contribution is -2.46. The second-order valence-electron chi connectivity index (χ2n) is 2.33. The predicted molar refractivity (Wildman–Crippen MR) is 30.0 cm³/mol. The summed E-state index contributed by atoms with van der Waals surface area (Å²) < 4.78 is 4.52. The molecule has 0 radical (unpaired) electrons. The number of aliphatic hydroxyl groups excluding tert-OH is 3. The topological polar surface area (TPSA) is 90.2 Å². The fraction of sp³-hybridized carbons (Fsp3) is 1.00. The Bertz CT molecular complexity index is 127. The summed E-state index contributed by atoms with van der Waals surface area (Å²) in [7, 11) is 0. The second-order valence-corrected chi connectivity index (χ2v) is 2.33. The first kappa shape index (κ1) is 7.90. The zero-order valence-electron chi connectivity index (χ0n) is 5.27. The lowest BCUT2D eigenvalue weighted by atomic mass is 10.1. The maximum absolute atomic E-state index is 9.06. The fourth-order valence-corrected chi connectivity index (χ4v) is 0.846. The van der Waals surface area contributed by atoms with Crippen LogP contribution in [0.5, 0.6) is 0 Å². The maximum atomic E-state index is 9.06. The molecular formula is C5H10O5. The smallest absolute Gasteiger partial charge is 0.218 e. The standard InChI is InChI=1S/C5H10O5/c6-2-5(9)4(8)3(7)1-10-5/h3-4,6-9H,1-2H2/t3-,4+,5-/m0/s1. The van der Waals surface area contributed by atoms with Crippen LogP contribution in [0.15, 0.2) is 0 Å². The summed E-state index contributed by atoms with van der Waals surface area (Å²) in [5.41, 5.74) is 0. The zero-order chi connectivity index (χ0) is 7.78. The van der Waals surface area contributed by atoms with E-state index in [1.54, 1.807) is 0 Å². The van der Waals surface area contributed by atoms with Crippen molar-refractivity contribution in [3.8, 4) is 0 Å². The van der Waals surface area contributed by atoms with Crippen LogP contribution in [0.1, 0.15) is 0 Å². The van der Waals surface area contributed by atoms with Gasteiger partial charge in [-0.3, -0.25) is 0 Å². The minimum Gasteiger partial charge on any atom is -0.391 e. The molecule has 0 aromatic rings. The molecule has 0 saturated carbocycles. The van der Waals surface area contributed by atoms with E-state index in [2.05, 4.69) is 4.74 Å². The molecule has 60 valence electrons. The van der Waals surface area contributed by atoms with Gasteiger partial charge < -0.3 is 25.2 Å². The second kappa shape index (κ2) is 2.44. The van der Waals surface area contributed by atoms with Crippen LogP contribution in [-0.4, -0.2) is 51.6 Å². The van der Waals surface area contributed by atoms with E-state index in [1.165, 1.54) is 0 Å². The van der Waals surface area contributed by atoms with Crippen molar-refractivity contribution < 1.29 is 25.2 Å². The highest BCUT2D eigenvalue weighted by molar-refractivity contribution is 4.88. The summed E-state index contributed by atoms with van der Waals surface area (Å²) in [6.07, 6.45) is -2.53. The van der Waals surface area contributed by atoms with E-state index in [1.807, 2.05) is 0 Å². The molecule has 4 N–H and O–H groups in total. The first-order valence-corrected chi connectivity index (χ1v) is 2.93. The Morgan fingerprint density at radius 2 is 2.10 bits per heavy atom. The number of hydrogen-bond acceptors (Lipinski definition) is 5. The summed E-state index contributed by atoms with van der Waals surface area (Å²) in [6.45, 7) is -0.872. The molecule has 1 rings (SSSR count). The van der Waals surface area contributed by atoms with Gasteiger partial charge >= 0.3 is 0 Å². The van der Waals surface area contributed by atoms with Gasteiger partial charge in [0.05, 0.1) is 13.2 Å². The monoisotopic (exact) mass is 150 g/mol. The zero-order valence-corrected chi connectivity index (χ0v) is 5.27. The van der Waals surface area contributed by atoms with Crippen molar-refractivity contribution >= 4 is 0 Å². The summed E-state index contributed by atoms with van der Waals surface area (Å²) in [6, 6.07) is 0. The van der Waals surface area contributed by atoms with Crippen LogP contribution in [0.3, 0.4) is 0 Å². The van der Waals surface area contributed by atoms with Crippen molar-refractivity contribution in [2.45, 2.75) is 18.0 Å². The Balaban J connectivity index is 2.64. The average Bonchev–Trinajstić information content (AvgIpc) is 2.19. The molecule has 0 aromatic carbocycles. The van der Waals surface area contributed by atoms with Crippen molar-refractivity contribution in [1.29, 1.82) is 0 Å². The van der Waals surface area contributed by atoms with Crippen LogP contribution >= 0.6 is 0 Å². The molecule has 1 aliphatic rings. The number of aliphatic hydroxyl groups is 4. The van der Waals surface area contributed by atoms with Gasteiger partial charge in [0.15, 0.2) is 0 Å². The maximum Gasteiger partial charge on any atom is 0.218 e. The fourth-order valence-electron chi connectivity index (χ4n) is 0.846. The van der Waals surface area contributed by atoms with Crippen LogP contribution < -0.4 is 0 Å². The van der Waals surface area contributed by atoms with E-state index in [-0.39, 0.29) is 6.61 Å². The molecule has 0 bridgehead atoms. The molecule has 0 aromatic heterocycles. The van der Waals surface area contributed by atoms with Crippen molar-refractivity contribution in [2.75, 3.05) is 13.2 Å². The third kappa shape index (κ3) is 1.02. The molecule has 0 aliphatic carbocycles. The van der Waals surface area contributed by atoms with Crippen LogP contribution in [-0.2, 0) is 4.74 Å². The molecule has 5 heteroatoms. The number of hydrogen-bond donors (Lipinski definition) is 4. The minimum absolute atomic E-state index is 0.155. The van der Waals surface area contributed by atoms with E-state index in [9.17, 15) is 0 Å². The number of rotatable bonds is 1. The molecule has 5 nitrogen and oxygen atoms in total. The summed E-state index contributed by atoms with van der Waals surface area (Å²) >= 11 is 0. The molecular weight excluding hydrogens is 140 g/mol. The molecule has 1 fully saturated rings. The third-order valence-corrected chi connectivity index (χ3v) is 1.56. The average molecular weight is 150 g/mol. The Morgan fingerprint density at radius 3 is 2.30 bits per heavy atom. The van der Waals surface area contributed by atoms with E-state index in [4.69, 9.17) is 20.4 Å². The molecule has 10 heavy (non-hydrogen) atoms.